The van der Waals surface area contributed by atoms with Gasteiger partial charge in [-0.1, -0.05) is 35.9 Å². The number of halogens is 1. The highest BCUT2D eigenvalue weighted by Crippen LogP contribution is 2.55. The van der Waals surface area contributed by atoms with Crippen LogP contribution in [-0.4, -0.2) is 5.54 Å². The van der Waals surface area contributed by atoms with Crippen LogP contribution in [0.5, 0.6) is 5.75 Å². The van der Waals surface area contributed by atoms with Crippen molar-refractivity contribution in [2.45, 2.75) is 57.2 Å². The Kier molecular flexibility index (Phi) is 4.65. The number of ether oxygens (including phenoxy) is 1. The lowest BCUT2D eigenvalue weighted by atomic mass is 9.53. The lowest BCUT2D eigenvalue weighted by molar-refractivity contribution is -0.0206. The van der Waals surface area contributed by atoms with E-state index in [1.54, 1.807) is 0 Å². The van der Waals surface area contributed by atoms with E-state index in [1.165, 1.54) is 44.1 Å². The summed E-state index contributed by atoms with van der Waals surface area (Å²) in [4.78, 5) is 0. The minimum absolute atomic E-state index is 0.409. The molecule has 0 unspecified atom stereocenters. The van der Waals surface area contributed by atoms with Gasteiger partial charge in [-0.2, -0.15) is 0 Å². The highest BCUT2D eigenvalue weighted by Gasteiger charge is 2.50. The predicted molar refractivity (Wildman–Crippen MR) is 110 cm³/mol. The van der Waals surface area contributed by atoms with E-state index in [9.17, 15) is 0 Å². The van der Waals surface area contributed by atoms with Crippen molar-refractivity contribution in [3.8, 4) is 5.75 Å². The Morgan fingerprint density at radius 3 is 2.26 bits per heavy atom. The van der Waals surface area contributed by atoms with Crippen molar-refractivity contribution >= 4 is 11.6 Å². The van der Waals surface area contributed by atoms with Crippen LogP contribution in [0.4, 0.5) is 0 Å². The molecule has 2 aromatic rings. The van der Waals surface area contributed by atoms with E-state index in [-0.39, 0.29) is 0 Å². The average Bonchev–Trinajstić information content (AvgIpc) is 2.64. The average molecular weight is 382 g/mol. The van der Waals surface area contributed by atoms with Crippen molar-refractivity contribution in [2.24, 2.45) is 17.8 Å². The Morgan fingerprint density at radius 2 is 1.56 bits per heavy atom. The second kappa shape index (κ2) is 7.14. The van der Waals surface area contributed by atoms with E-state index < -0.39 is 0 Å². The van der Waals surface area contributed by atoms with E-state index in [0.29, 0.717) is 12.1 Å². The molecule has 0 aromatic heterocycles. The molecule has 0 atom stereocenters. The van der Waals surface area contributed by atoms with Crippen molar-refractivity contribution in [3.63, 3.8) is 0 Å². The van der Waals surface area contributed by atoms with Gasteiger partial charge in [0.25, 0.3) is 0 Å². The molecule has 0 aliphatic heterocycles. The van der Waals surface area contributed by atoms with Gasteiger partial charge in [-0.15, -0.1) is 0 Å². The molecule has 4 fully saturated rings. The zero-order valence-corrected chi connectivity index (χ0v) is 16.5. The topological polar surface area (TPSA) is 21.3 Å². The lowest BCUT2D eigenvalue weighted by Crippen LogP contribution is -2.58. The van der Waals surface area contributed by atoms with Gasteiger partial charge in [0.05, 0.1) is 0 Å². The van der Waals surface area contributed by atoms with Gasteiger partial charge in [-0.05, 0) is 91.7 Å². The standard InChI is InChI=1S/C24H28ClNO/c25-22-5-1-4-18(10-22)16-27-23-6-2-3-17(11-23)15-26-24-12-19-7-20(13-24)9-21(8-19)14-24/h1-6,10-11,19-21,26H,7-9,12-16H2. The normalized spacial score (nSPS) is 31.2. The number of rotatable bonds is 6. The molecular formula is C24H28ClNO. The molecule has 6 rings (SSSR count). The van der Waals surface area contributed by atoms with Crippen LogP contribution < -0.4 is 10.1 Å². The molecule has 4 saturated carbocycles. The van der Waals surface area contributed by atoms with Gasteiger partial charge in [-0.3, -0.25) is 0 Å². The predicted octanol–water partition coefficient (Wildman–Crippen LogP) is 5.98. The number of hydrogen-bond donors (Lipinski definition) is 1. The minimum atomic E-state index is 0.409. The summed E-state index contributed by atoms with van der Waals surface area (Å²) < 4.78 is 6.00. The van der Waals surface area contributed by atoms with Crippen LogP contribution in [0.15, 0.2) is 48.5 Å². The third-order valence-electron chi connectivity index (χ3n) is 6.90. The number of benzene rings is 2. The monoisotopic (exact) mass is 381 g/mol. The zero-order valence-electron chi connectivity index (χ0n) is 15.8. The maximum Gasteiger partial charge on any atom is 0.120 e. The van der Waals surface area contributed by atoms with Crippen molar-refractivity contribution in [3.05, 3.63) is 64.7 Å². The van der Waals surface area contributed by atoms with Crippen molar-refractivity contribution in [1.29, 1.82) is 0 Å². The maximum atomic E-state index is 6.06. The van der Waals surface area contributed by atoms with E-state index in [4.69, 9.17) is 16.3 Å². The fourth-order valence-corrected chi connectivity index (χ4v) is 6.37. The fraction of sp³-hybridized carbons (Fsp3) is 0.500. The Bertz CT molecular complexity index is 782. The summed E-state index contributed by atoms with van der Waals surface area (Å²) in [6.45, 7) is 1.49. The van der Waals surface area contributed by atoms with Crippen LogP contribution in [-0.2, 0) is 13.2 Å². The molecule has 4 aliphatic carbocycles. The summed E-state index contributed by atoms with van der Waals surface area (Å²) in [5.74, 6) is 3.88. The minimum Gasteiger partial charge on any atom is -0.489 e. The van der Waals surface area contributed by atoms with Crippen LogP contribution in [0.2, 0.25) is 5.02 Å². The van der Waals surface area contributed by atoms with Gasteiger partial charge in [0.1, 0.15) is 12.4 Å². The molecule has 1 N–H and O–H groups in total. The SMILES string of the molecule is Clc1cccc(COc2cccc(CNC34CC5CC(CC(C5)C3)C4)c2)c1. The fourth-order valence-electron chi connectivity index (χ4n) is 6.16. The highest BCUT2D eigenvalue weighted by atomic mass is 35.5. The molecule has 142 valence electrons. The van der Waals surface area contributed by atoms with Crippen LogP contribution >= 0.6 is 11.6 Å². The Balaban J connectivity index is 1.21. The van der Waals surface area contributed by atoms with Crippen LogP contribution in [0.25, 0.3) is 0 Å². The molecule has 2 nitrogen and oxygen atoms in total. The Hall–Kier alpha value is -1.51. The molecular weight excluding hydrogens is 354 g/mol. The summed E-state index contributed by atoms with van der Waals surface area (Å²) in [7, 11) is 0. The van der Waals surface area contributed by atoms with E-state index in [1.807, 2.05) is 30.3 Å². The van der Waals surface area contributed by atoms with Crippen molar-refractivity contribution in [2.75, 3.05) is 0 Å². The lowest BCUT2D eigenvalue weighted by Gasteiger charge is -2.57. The molecule has 0 heterocycles. The van der Waals surface area contributed by atoms with Gasteiger partial charge in [-0.25, -0.2) is 0 Å². The molecule has 3 heteroatoms. The Labute approximate surface area is 167 Å². The molecule has 0 saturated heterocycles. The number of hydrogen-bond acceptors (Lipinski definition) is 2. The van der Waals surface area contributed by atoms with E-state index >= 15 is 0 Å². The molecule has 0 amide bonds. The van der Waals surface area contributed by atoms with Crippen molar-refractivity contribution in [1.82, 2.24) is 5.32 Å². The summed E-state index contributed by atoms with van der Waals surface area (Å²) in [6.07, 6.45) is 8.66. The second-order valence-electron chi connectivity index (χ2n) is 9.12. The smallest absolute Gasteiger partial charge is 0.120 e. The summed E-state index contributed by atoms with van der Waals surface area (Å²) >= 11 is 6.06. The van der Waals surface area contributed by atoms with Gasteiger partial charge in [0.2, 0.25) is 0 Å². The van der Waals surface area contributed by atoms with Crippen molar-refractivity contribution < 1.29 is 4.74 Å². The Morgan fingerprint density at radius 1 is 0.889 bits per heavy atom. The molecule has 4 bridgehead atoms. The third kappa shape index (κ3) is 3.88. The molecule has 27 heavy (non-hydrogen) atoms. The first-order valence-corrected chi connectivity index (χ1v) is 10.7. The first-order chi connectivity index (χ1) is 13.2. The van der Waals surface area contributed by atoms with Gasteiger partial charge >= 0.3 is 0 Å². The number of nitrogens with one attached hydrogen (secondary N) is 1. The maximum absolute atomic E-state index is 6.06. The molecule has 0 radical (unpaired) electrons. The van der Waals surface area contributed by atoms with E-state index in [0.717, 1.165) is 40.6 Å². The van der Waals surface area contributed by atoms with Crippen LogP contribution in [0.1, 0.15) is 49.7 Å². The van der Waals surface area contributed by atoms with Gasteiger partial charge < -0.3 is 10.1 Å². The second-order valence-corrected chi connectivity index (χ2v) is 9.55. The zero-order chi connectivity index (χ0) is 18.3. The summed E-state index contributed by atoms with van der Waals surface area (Å²) in [6, 6.07) is 16.4. The first-order valence-electron chi connectivity index (χ1n) is 10.4. The quantitative estimate of drug-likeness (QED) is 0.664. The van der Waals surface area contributed by atoms with Crippen LogP contribution in [0, 0.1) is 17.8 Å². The largest absolute Gasteiger partial charge is 0.489 e. The van der Waals surface area contributed by atoms with E-state index in [2.05, 4.69) is 23.5 Å². The third-order valence-corrected chi connectivity index (χ3v) is 7.13. The summed E-state index contributed by atoms with van der Waals surface area (Å²) in [5, 5.41) is 4.73. The highest BCUT2D eigenvalue weighted by molar-refractivity contribution is 6.30. The molecule has 4 aliphatic rings. The van der Waals surface area contributed by atoms with Gasteiger partial charge in [0, 0.05) is 17.1 Å². The molecule has 0 spiro atoms. The summed E-state index contributed by atoms with van der Waals surface area (Å²) in [5.41, 5.74) is 2.82. The first kappa shape index (κ1) is 17.6. The molecule has 2 aromatic carbocycles. The van der Waals surface area contributed by atoms with Gasteiger partial charge in [0.15, 0.2) is 0 Å². The van der Waals surface area contributed by atoms with Crippen LogP contribution in [0.3, 0.4) is 0 Å².